The first-order valence-corrected chi connectivity index (χ1v) is 8.54. The highest BCUT2D eigenvalue weighted by Crippen LogP contribution is 2.13. The summed E-state index contributed by atoms with van der Waals surface area (Å²) in [5.41, 5.74) is 2.04. The van der Waals surface area contributed by atoms with Crippen LogP contribution in [-0.4, -0.2) is 66.6 Å². The van der Waals surface area contributed by atoms with Crippen LogP contribution < -0.4 is 0 Å². The van der Waals surface area contributed by atoms with Crippen molar-refractivity contribution < 1.29 is 4.79 Å². The number of nitrogens with one attached hydrogen (secondary N) is 1. The van der Waals surface area contributed by atoms with Gasteiger partial charge in [0, 0.05) is 39.1 Å². The molecule has 0 bridgehead atoms. The van der Waals surface area contributed by atoms with Crippen LogP contribution in [0, 0.1) is 0 Å². The third-order valence-electron chi connectivity index (χ3n) is 4.66. The summed E-state index contributed by atoms with van der Waals surface area (Å²) in [6, 6.07) is 8.00. The third kappa shape index (κ3) is 3.53. The first kappa shape index (κ1) is 15.8. The Balaban J connectivity index is 1.28. The molecule has 3 aromatic rings. The van der Waals surface area contributed by atoms with Gasteiger partial charge in [0.2, 0.25) is 5.91 Å². The molecule has 1 saturated heterocycles. The van der Waals surface area contributed by atoms with E-state index in [0.29, 0.717) is 13.0 Å². The largest absolute Gasteiger partial charge is 0.340 e. The molecule has 8 heteroatoms. The number of carbonyl (C=O) groups is 1. The SMILES string of the molecule is O=C(CCn1cnc2ccccc21)N1CCN(Cc2ncn[nH]2)CC1. The first-order valence-electron chi connectivity index (χ1n) is 8.54. The summed E-state index contributed by atoms with van der Waals surface area (Å²) >= 11 is 0. The Hall–Kier alpha value is -2.74. The maximum atomic E-state index is 12.5. The lowest BCUT2D eigenvalue weighted by Crippen LogP contribution is -2.48. The second-order valence-electron chi connectivity index (χ2n) is 6.27. The average molecular weight is 339 g/mol. The number of benzene rings is 1. The van der Waals surface area contributed by atoms with Gasteiger partial charge in [-0.25, -0.2) is 9.97 Å². The number of H-pyrrole nitrogens is 1. The lowest BCUT2D eigenvalue weighted by Gasteiger charge is -2.34. The molecule has 1 amide bonds. The second-order valence-corrected chi connectivity index (χ2v) is 6.27. The fraction of sp³-hybridized carbons (Fsp3) is 0.412. The molecular weight excluding hydrogens is 318 g/mol. The van der Waals surface area contributed by atoms with Crippen molar-refractivity contribution in [1.29, 1.82) is 0 Å². The zero-order valence-electron chi connectivity index (χ0n) is 14.0. The number of amides is 1. The van der Waals surface area contributed by atoms with Crippen molar-refractivity contribution in [3.63, 3.8) is 0 Å². The minimum absolute atomic E-state index is 0.206. The molecule has 1 fully saturated rings. The summed E-state index contributed by atoms with van der Waals surface area (Å²) in [6.07, 6.45) is 3.84. The van der Waals surface area contributed by atoms with Gasteiger partial charge in [0.1, 0.15) is 12.2 Å². The van der Waals surface area contributed by atoms with E-state index in [4.69, 9.17) is 0 Å². The number of rotatable bonds is 5. The van der Waals surface area contributed by atoms with Gasteiger partial charge in [-0.1, -0.05) is 12.1 Å². The normalized spacial score (nSPS) is 15.8. The Morgan fingerprint density at radius 1 is 1.12 bits per heavy atom. The highest BCUT2D eigenvalue weighted by atomic mass is 16.2. The molecule has 3 heterocycles. The minimum atomic E-state index is 0.206. The molecule has 1 aromatic carbocycles. The van der Waals surface area contributed by atoms with E-state index in [1.165, 1.54) is 6.33 Å². The molecule has 4 rings (SSSR count). The van der Waals surface area contributed by atoms with E-state index in [1.807, 2.05) is 40.1 Å². The van der Waals surface area contributed by atoms with Gasteiger partial charge in [-0.3, -0.25) is 14.8 Å². The Labute approximate surface area is 145 Å². The van der Waals surface area contributed by atoms with Crippen LogP contribution in [0.2, 0.25) is 0 Å². The fourth-order valence-electron chi connectivity index (χ4n) is 3.24. The van der Waals surface area contributed by atoms with Gasteiger partial charge in [0.25, 0.3) is 0 Å². The van der Waals surface area contributed by atoms with Crippen LogP contribution in [0.5, 0.6) is 0 Å². The minimum Gasteiger partial charge on any atom is -0.340 e. The molecule has 0 atom stereocenters. The Kier molecular flexibility index (Phi) is 4.43. The summed E-state index contributed by atoms with van der Waals surface area (Å²) in [4.78, 5) is 25.3. The number of piperazine rings is 1. The number of hydrogen-bond donors (Lipinski definition) is 1. The van der Waals surface area contributed by atoms with Crippen molar-refractivity contribution in [2.24, 2.45) is 0 Å². The van der Waals surface area contributed by atoms with Crippen molar-refractivity contribution in [2.75, 3.05) is 26.2 Å². The molecule has 2 aromatic heterocycles. The fourth-order valence-corrected chi connectivity index (χ4v) is 3.24. The topological polar surface area (TPSA) is 82.9 Å². The summed E-state index contributed by atoms with van der Waals surface area (Å²) in [5.74, 6) is 1.07. The van der Waals surface area contributed by atoms with Gasteiger partial charge in [0.05, 0.1) is 23.9 Å². The third-order valence-corrected chi connectivity index (χ3v) is 4.66. The van der Waals surface area contributed by atoms with E-state index in [9.17, 15) is 4.79 Å². The summed E-state index contributed by atoms with van der Waals surface area (Å²) in [7, 11) is 0. The number of imidazole rings is 1. The number of aryl methyl sites for hydroxylation is 1. The molecule has 1 aliphatic heterocycles. The van der Waals surface area contributed by atoms with Crippen LogP contribution in [0.1, 0.15) is 12.2 Å². The summed E-state index contributed by atoms with van der Waals surface area (Å²) in [6.45, 7) is 4.66. The average Bonchev–Trinajstić information content (AvgIpc) is 3.30. The molecule has 0 aliphatic carbocycles. The molecule has 1 aliphatic rings. The van der Waals surface area contributed by atoms with Crippen LogP contribution >= 0.6 is 0 Å². The molecule has 130 valence electrons. The molecule has 0 radical (unpaired) electrons. The van der Waals surface area contributed by atoms with Crippen molar-refractivity contribution >= 4 is 16.9 Å². The maximum absolute atomic E-state index is 12.5. The van der Waals surface area contributed by atoms with Gasteiger partial charge in [-0.05, 0) is 12.1 Å². The number of nitrogens with zero attached hydrogens (tertiary/aromatic N) is 6. The van der Waals surface area contributed by atoms with Crippen LogP contribution in [0.25, 0.3) is 11.0 Å². The summed E-state index contributed by atoms with van der Waals surface area (Å²) in [5, 5.41) is 6.74. The number of fused-ring (bicyclic) bond motifs is 1. The Bertz CT molecular complexity index is 834. The number of carbonyl (C=O) groups excluding carboxylic acids is 1. The zero-order chi connectivity index (χ0) is 17.1. The van der Waals surface area contributed by atoms with Gasteiger partial charge in [0.15, 0.2) is 0 Å². The van der Waals surface area contributed by atoms with Crippen molar-refractivity contribution in [3.05, 3.63) is 42.7 Å². The molecule has 0 saturated carbocycles. The van der Waals surface area contributed by atoms with E-state index in [-0.39, 0.29) is 5.91 Å². The van der Waals surface area contributed by atoms with Crippen molar-refractivity contribution in [1.82, 2.24) is 34.5 Å². The van der Waals surface area contributed by atoms with Gasteiger partial charge in [-0.2, -0.15) is 5.10 Å². The van der Waals surface area contributed by atoms with E-state index in [2.05, 4.69) is 25.1 Å². The van der Waals surface area contributed by atoms with Crippen molar-refractivity contribution in [2.45, 2.75) is 19.5 Å². The van der Waals surface area contributed by atoms with Crippen LogP contribution in [0.4, 0.5) is 0 Å². The predicted molar refractivity (Wildman–Crippen MR) is 92.6 cm³/mol. The number of aromatic nitrogens is 5. The highest BCUT2D eigenvalue weighted by Gasteiger charge is 2.21. The second kappa shape index (κ2) is 7.02. The van der Waals surface area contributed by atoms with Gasteiger partial charge >= 0.3 is 0 Å². The van der Waals surface area contributed by atoms with E-state index in [0.717, 1.165) is 49.6 Å². The van der Waals surface area contributed by atoms with Gasteiger partial charge < -0.3 is 9.47 Å². The van der Waals surface area contributed by atoms with Crippen LogP contribution in [-0.2, 0) is 17.9 Å². The van der Waals surface area contributed by atoms with Crippen LogP contribution in [0.3, 0.4) is 0 Å². The molecule has 0 unspecified atom stereocenters. The van der Waals surface area contributed by atoms with Crippen LogP contribution in [0.15, 0.2) is 36.9 Å². The lowest BCUT2D eigenvalue weighted by molar-refractivity contribution is -0.133. The molecular formula is C17H21N7O. The van der Waals surface area contributed by atoms with E-state index < -0.39 is 0 Å². The standard InChI is InChI=1S/C17H21N7O/c25-17(5-6-24-13-19-14-3-1-2-4-15(14)24)23-9-7-22(8-10-23)11-16-18-12-20-21-16/h1-4,12-13H,5-11H2,(H,18,20,21). The molecule has 8 nitrogen and oxygen atoms in total. The molecule has 25 heavy (non-hydrogen) atoms. The Morgan fingerprint density at radius 3 is 2.76 bits per heavy atom. The number of aromatic amines is 1. The zero-order valence-corrected chi connectivity index (χ0v) is 14.0. The summed E-state index contributed by atoms with van der Waals surface area (Å²) < 4.78 is 2.05. The molecule has 0 spiro atoms. The van der Waals surface area contributed by atoms with Gasteiger partial charge in [-0.15, -0.1) is 0 Å². The maximum Gasteiger partial charge on any atom is 0.224 e. The van der Waals surface area contributed by atoms with E-state index in [1.54, 1.807) is 0 Å². The monoisotopic (exact) mass is 339 g/mol. The van der Waals surface area contributed by atoms with E-state index >= 15 is 0 Å². The Morgan fingerprint density at radius 2 is 1.96 bits per heavy atom. The molecule has 1 N–H and O–H groups in total. The van der Waals surface area contributed by atoms with Crippen molar-refractivity contribution in [3.8, 4) is 0 Å². The quantitative estimate of drug-likeness (QED) is 0.746. The number of hydrogen-bond acceptors (Lipinski definition) is 5. The predicted octanol–water partition coefficient (Wildman–Crippen LogP) is 0.889. The lowest BCUT2D eigenvalue weighted by atomic mass is 10.2. The first-order chi connectivity index (χ1) is 12.3. The number of para-hydroxylation sites is 2. The highest BCUT2D eigenvalue weighted by molar-refractivity contribution is 5.77. The smallest absolute Gasteiger partial charge is 0.224 e.